The summed E-state index contributed by atoms with van der Waals surface area (Å²) >= 11 is 11.7. The number of halogens is 2. The average molecular weight is 243 g/mol. The molecule has 2 aromatic rings. The van der Waals surface area contributed by atoms with E-state index in [1.54, 1.807) is 29.8 Å². The molecule has 0 saturated carbocycles. The molecule has 78 valence electrons. The van der Waals surface area contributed by atoms with Crippen molar-refractivity contribution in [3.63, 3.8) is 0 Å². The van der Waals surface area contributed by atoms with Crippen molar-refractivity contribution >= 4 is 23.2 Å². The quantitative estimate of drug-likeness (QED) is 0.835. The number of aromatic hydroxyl groups is 1. The number of nitrogens with zero attached hydrogens (tertiary/aromatic N) is 2. The lowest BCUT2D eigenvalue weighted by Crippen LogP contribution is -1.90. The normalized spacial score (nSPS) is 10.6. The van der Waals surface area contributed by atoms with E-state index in [1.807, 2.05) is 0 Å². The van der Waals surface area contributed by atoms with Crippen LogP contribution in [0.3, 0.4) is 0 Å². The Balaban J connectivity index is 2.54. The van der Waals surface area contributed by atoms with Crippen molar-refractivity contribution < 1.29 is 5.11 Å². The van der Waals surface area contributed by atoms with E-state index in [-0.39, 0.29) is 5.88 Å². The molecular formula is C10H8Cl2N2O. The molecule has 1 N–H and O–H groups in total. The Hall–Kier alpha value is -1.19. The van der Waals surface area contributed by atoms with E-state index in [4.69, 9.17) is 23.2 Å². The SMILES string of the molecule is Cn1cc(O)nc1-c1ccc(Cl)c(Cl)c1. The van der Waals surface area contributed by atoms with E-state index in [0.29, 0.717) is 15.9 Å². The maximum Gasteiger partial charge on any atom is 0.229 e. The second kappa shape index (κ2) is 3.76. The van der Waals surface area contributed by atoms with Crippen molar-refractivity contribution in [1.29, 1.82) is 0 Å². The molecule has 0 fully saturated rings. The van der Waals surface area contributed by atoms with Gasteiger partial charge in [-0.15, -0.1) is 0 Å². The summed E-state index contributed by atoms with van der Waals surface area (Å²) in [5.74, 6) is 0.629. The van der Waals surface area contributed by atoms with Crippen LogP contribution >= 0.6 is 23.2 Å². The highest BCUT2D eigenvalue weighted by atomic mass is 35.5. The van der Waals surface area contributed by atoms with E-state index in [2.05, 4.69) is 4.98 Å². The van der Waals surface area contributed by atoms with Crippen LogP contribution in [-0.4, -0.2) is 14.7 Å². The third kappa shape index (κ3) is 1.94. The molecule has 0 aliphatic carbocycles. The standard InChI is InChI=1S/C10H8Cl2N2O/c1-14-5-9(15)13-10(14)6-2-3-7(11)8(12)4-6/h2-5,15H,1H3. The first-order valence-corrected chi connectivity index (χ1v) is 5.01. The number of imidazole rings is 1. The minimum absolute atomic E-state index is 0.0152. The van der Waals surface area contributed by atoms with E-state index in [0.717, 1.165) is 5.56 Å². The van der Waals surface area contributed by atoms with Crippen LogP contribution in [0.2, 0.25) is 10.0 Å². The summed E-state index contributed by atoms with van der Waals surface area (Å²) in [6.07, 6.45) is 1.53. The topological polar surface area (TPSA) is 38.0 Å². The third-order valence-electron chi connectivity index (χ3n) is 2.04. The van der Waals surface area contributed by atoms with Gasteiger partial charge in [0.15, 0.2) is 0 Å². The minimum atomic E-state index is -0.0152. The molecule has 0 amide bonds. The lowest BCUT2D eigenvalue weighted by molar-refractivity contribution is 0.456. The highest BCUT2D eigenvalue weighted by Gasteiger charge is 2.08. The molecule has 0 radical (unpaired) electrons. The van der Waals surface area contributed by atoms with Gasteiger partial charge in [-0.2, -0.15) is 4.98 Å². The molecule has 1 heterocycles. The van der Waals surface area contributed by atoms with Crippen molar-refractivity contribution in [2.24, 2.45) is 7.05 Å². The Kier molecular flexibility index (Phi) is 2.59. The van der Waals surface area contributed by atoms with Gasteiger partial charge in [0.1, 0.15) is 5.82 Å². The summed E-state index contributed by atoms with van der Waals surface area (Å²) in [6.45, 7) is 0. The number of aryl methyl sites for hydroxylation is 1. The van der Waals surface area contributed by atoms with Gasteiger partial charge in [0.05, 0.1) is 16.2 Å². The molecule has 0 aliphatic heterocycles. The zero-order valence-electron chi connectivity index (χ0n) is 7.91. The average Bonchev–Trinajstić information content (AvgIpc) is 2.50. The molecule has 2 rings (SSSR count). The summed E-state index contributed by atoms with van der Waals surface area (Å²) in [6, 6.07) is 5.21. The van der Waals surface area contributed by atoms with Crippen LogP contribution in [0.5, 0.6) is 5.88 Å². The Bertz CT molecular complexity index is 508. The van der Waals surface area contributed by atoms with Gasteiger partial charge in [-0.3, -0.25) is 0 Å². The summed E-state index contributed by atoms with van der Waals surface area (Å²) in [4.78, 5) is 3.97. The maximum atomic E-state index is 9.23. The second-order valence-electron chi connectivity index (χ2n) is 3.16. The fraction of sp³-hybridized carbons (Fsp3) is 0.100. The predicted molar refractivity (Wildman–Crippen MR) is 60.3 cm³/mol. The second-order valence-corrected chi connectivity index (χ2v) is 3.98. The summed E-state index contributed by atoms with van der Waals surface area (Å²) < 4.78 is 1.72. The molecule has 1 aromatic heterocycles. The molecule has 3 nitrogen and oxygen atoms in total. The van der Waals surface area contributed by atoms with Crippen molar-refractivity contribution in [1.82, 2.24) is 9.55 Å². The monoisotopic (exact) mass is 242 g/mol. The lowest BCUT2D eigenvalue weighted by atomic mass is 10.2. The predicted octanol–water partition coefficient (Wildman–Crippen LogP) is 3.10. The van der Waals surface area contributed by atoms with E-state index < -0.39 is 0 Å². The summed E-state index contributed by atoms with van der Waals surface area (Å²) in [5, 5.41) is 10.2. The van der Waals surface area contributed by atoms with Gasteiger partial charge in [-0.1, -0.05) is 23.2 Å². The van der Waals surface area contributed by atoms with Gasteiger partial charge in [-0.25, -0.2) is 0 Å². The van der Waals surface area contributed by atoms with Crippen LogP contribution in [0.15, 0.2) is 24.4 Å². The zero-order valence-corrected chi connectivity index (χ0v) is 9.42. The minimum Gasteiger partial charge on any atom is -0.492 e. The first-order valence-electron chi connectivity index (χ1n) is 4.25. The fourth-order valence-corrected chi connectivity index (χ4v) is 1.65. The smallest absolute Gasteiger partial charge is 0.229 e. The highest BCUT2D eigenvalue weighted by Crippen LogP contribution is 2.28. The van der Waals surface area contributed by atoms with Crippen LogP contribution in [0.1, 0.15) is 0 Å². The molecule has 0 aliphatic rings. The van der Waals surface area contributed by atoms with Crippen LogP contribution in [0.25, 0.3) is 11.4 Å². The lowest BCUT2D eigenvalue weighted by Gasteiger charge is -2.02. The Labute approximate surface area is 96.9 Å². The largest absolute Gasteiger partial charge is 0.492 e. The van der Waals surface area contributed by atoms with Crippen LogP contribution in [-0.2, 0) is 7.05 Å². The van der Waals surface area contributed by atoms with E-state index >= 15 is 0 Å². The number of hydrogen-bond donors (Lipinski definition) is 1. The van der Waals surface area contributed by atoms with Gasteiger partial charge in [0.25, 0.3) is 0 Å². The maximum absolute atomic E-state index is 9.23. The van der Waals surface area contributed by atoms with Crippen molar-refractivity contribution in [3.05, 3.63) is 34.4 Å². The number of benzene rings is 1. The molecule has 0 bridgehead atoms. The Morgan fingerprint density at radius 3 is 2.53 bits per heavy atom. The molecule has 15 heavy (non-hydrogen) atoms. The molecule has 5 heteroatoms. The van der Waals surface area contributed by atoms with Crippen molar-refractivity contribution in [2.75, 3.05) is 0 Å². The van der Waals surface area contributed by atoms with Crippen molar-refractivity contribution in [3.8, 4) is 17.3 Å². The Morgan fingerprint density at radius 2 is 2.00 bits per heavy atom. The number of hydrogen-bond acceptors (Lipinski definition) is 2. The third-order valence-corrected chi connectivity index (χ3v) is 2.78. The fourth-order valence-electron chi connectivity index (χ4n) is 1.35. The molecule has 1 aromatic carbocycles. The van der Waals surface area contributed by atoms with Crippen molar-refractivity contribution in [2.45, 2.75) is 0 Å². The van der Waals surface area contributed by atoms with Crippen LogP contribution in [0.4, 0.5) is 0 Å². The molecule has 0 atom stereocenters. The highest BCUT2D eigenvalue weighted by molar-refractivity contribution is 6.42. The van der Waals surface area contributed by atoms with Gasteiger partial charge in [-0.05, 0) is 18.2 Å². The van der Waals surface area contributed by atoms with E-state index in [1.165, 1.54) is 6.20 Å². The van der Waals surface area contributed by atoms with Gasteiger partial charge < -0.3 is 9.67 Å². The van der Waals surface area contributed by atoms with Crippen LogP contribution < -0.4 is 0 Å². The van der Waals surface area contributed by atoms with E-state index in [9.17, 15) is 5.11 Å². The van der Waals surface area contributed by atoms with Gasteiger partial charge in [0.2, 0.25) is 5.88 Å². The van der Waals surface area contributed by atoms with Gasteiger partial charge in [0, 0.05) is 12.6 Å². The van der Waals surface area contributed by atoms with Gasteiger partial charge >= 0.3 is 0 Å². The summed E-state index contributed by atoms with van der Waals surface area (Å²) in [7, 11) is 1.80. The number of aromatic nitrogens is 2. The zero-order chi connectivity index (χ0) is 11.0. The first-order chi connectivity index (χ1) is 7.08. The Morgan fingerprint density at radius 1 is 1.27 bits per heavy atom. The molecular weight excluding hydrogens is 235 g/mol. The van der Waals surface area contributed by atoms with Crippen LogP contribution in [0, 0.1) is 0 Å². The summed E-state index contributed by atoms with van der Waals surface area (Å²) in [5.41, 5.74) is 0.812. The molecule has 0 saturated heterocycles. The first kappa shape index (κ1) is 10.3. The molecule has 0 spiro atoms. The molecule has 0 unspecified atom stereocenters. The number of rotatable bonds is 1.